The van der Waals surface area contributed by atoms with Crippen molar-refractivity contribution in [3.05, 3.63) is 34.9 Å². The molecule has 1 aromatic rings. The Bertz CT molecular complexity index is 479. The van der Waals surface area contributed by atoms with E-state index in [4.69, 9.17) is 16.7 Å². The highest BCUT2D eigenvalue weighted by molar-refractivity contribution is 14.0. The van der Waals surface area contributed by atoms with Crippen LogP contribution in [-0.4, -0.2) is 31.9 Å². The Morgan fingerprint density at radius 2 is 2.00 bits per heavy atom. The maximum atomic E-state index is 8.74. The van der Waals surface area contributed by atoms with Crippen molar-refractivity contribution < 1.29 is 5.11 Å². The molecule has 1 aliphatic rings. The molecule has 1 aliphatic heterocycles. The number of nitrogens with one attached hydrogen (secondary N) is 1. The molecular formula is C16H24ClIN2O. The summed E-state index contributed by atoms with van der Waals surface area (Å²) in [5.74, 6) is 0. The molecule has 0 atom stereocenters. The summed E-state index contributed by atoms with van der Waals surface area (Å²) in [7, 11) is 2.08. The number of aliphatic hydroxyl groups excluding tert-OH is 1. The maximum Gasteiger partial charge on any atom is 0.0475 e. The van der Waals surface area contributed by atoms with Gasteiger partial charge in [0.1, 0.15) is 0 Å². The number of halogens is 2. The molecule has 118 valence electrons. The molecule has 1 aromatic carbocycles. The largest absolute Gasteiger partial charge is 0.396 e. The van der Waals surface area contributed by atoms with Crippen molar-refractivity contribution in [1.82, 2.24) is 5.32 Å². The van der Waals surface area contributed by atoms with Crippen LogP contribution >= 0.6 is 35.6 Å². The van der Waals surface area contributed by atoms with Gasteiger partial charge in [-0.1, -0.05) is 24.4 Å². The lowest BCUT2D eigenvalue weighted by Crippen LogP contribution is -2.26. The second-order valence-electron chi connectivity index (χ2n) is 5.22. The Kier molecular flexibility index (Phi) is 8.44. The van der Waals surface area contributed by atoms with Gasteiger partial charge in [-0.25, -0.2) is 0 Å². The minimum absolute atomic E-state index is 0. The average Bonchev–Trinajstić information content (AvgIpc) is 2.45. The number of anilines is 1. The number of unbranched alkanes of at least 4 members (excludes halogenated alkanes) is 3. The number of nitrogens with zero attached hydrogens (tertiary/aromatic N) is 1. The predicted octanol–water partition coefficient (Wildman–Crippen LogP) is 3.89. The normalized spacial score (nSPS) is 13.3. The first-order chi connectivity index (χ1) is 9.72. The first-order valence-electron chi connectivity index (χ1n) is 7.28. The summed E-state index contributed by atoms with van der Waals surface area (Å²) in [6.07, 6.45) is 6.54. The van der Waals surface area contributed by atoms with E-state index >= 15 is 0 Å². The van der Waals surface area contributed by atoms with E-state index < -0.39 is 0 Å². The zero-order valence-corrected chi connectivity index (χ0v) is 15.5. The molecule has 0 aromatic heterocycles. The number of hydrogen-bond acceptors (Lipinski definition) is 3. The van der Waals surface area contributed by atoms with Crippen LogP contribution < -0.4 is 10.2 Å². The number of likely N-dealkylation sites (N-methyl/N-ethyl adjacent to an activating group) is 1. The zero-order chi connectivity index (χ0) is 14.4. The van der Waals surface area contributed by atoms with Gasteiger partial charge < -0.3 is 15.3 Å². The molecule has 2 rings (SSSR count). The Morgan fingerprint density at radius 3 is 2.76 bits per heavy atom. The second kappa shape index (κ2) is 9.54. The van der Waals surface area contributed by atoms with Crippen LogP contribution in [-0.2, 0) is 0 Å². The van der Waals surface area contributed by atoms with Crippen LogP contribution in [0.1, 0.15) is 31.2 Å². The third-order valence-electron chi connectivity index (χ3n) is 3.63. The maximum absolute atomic E-state index is 8.74. The third-order valence-corrected chi connectivity index (χ3v) is 3.87. The molecule has 21 heavy (non-hydrogen) atoms. The molecule has 1 heterocycles. The van der Waals surface area contributed by atoms with Gasteiger partial charge in [-0.2, -0.15) is 0 Å². The van der Waals surface area contributed by atoms with Crippen molar-refractivity contribution in [2.75, 3.05) is 31.6 Å². The van der Waals surface area contributed by atoms with Crippen LogP contribution in [0, 0.1) is 0 Å². The van der Waals surface area contributed by atoms with Gasteiger partial charge in [0.15, 0.2) is 0 Å². The van der Waals surface area contributed by atoms with E-state index in [1.54, 1.807) is 0 Å². The monoisotopic (exact) mass is 422 g/mol. The van der Waals surface area contributed by atoms with Crippen molar-refractivity contribution in [1.29, 1.82) is 0 Å². The highest BCUT2D eigenvalue weighted by atomic mass is 127. The summed E-state index contributed by atoms with van der Waals surface area (Å²) in [5.41, 5.74) is 3.61. The fourth-order valence-electron chi connectivity index (χ4n) is 2.47. The molecule has 0 bridgehead atoms. The molecule has 2 N–H and O–H groups in total. The highest BCUT2D eigenvalue weighted by Crippen LogP contribution is 2.31. The lowest BCUT2D eigenvalue weighted by molar-refractivity contribution is 0.282. The van der Waals surface area contributed by atoms with E-state index in [0.717, 1.165) is 43.8 Å². The Morgan fingerprint density at radius 1 is 1.24 bits per heavy atom. The first kappa shape index (κ1) is 18.6. The van der Waals surface area contributed by atoms with Crippen LogP contribution in [0.15, 0.2) is 24.3 Å². The Labute approximate surface area is 149 Å². The van der Waals surface area contributed by atoms with Crippen LogP contribution in [0.5, 0.6) is 0 Å². The molecule has 5 heteroatoms. The van der Waals surface area contributed by atoms with Crippen LogP contribution in [0.3, 0.4) is 0 Å². The van der Waals surface area contributed by atoms with E-state index in [1.165, 1.54) is 16.9 Å². The number of rotatable bonds is 7. The van der Waals surface area contributed by atoms with Crippen LogP contribution in [0.25, 0.3) is 5.70 Å². The molecule has 0 spiro atoms. The summed E-state index contributed by atoms with van der Waals surface area (Å²) in [4.78, 5) is 2.20. The highest BCUT2D eigenvalue weighted by Gasteiger charge is 2.15. The number of aliphatic hydroxyl groups is 1. The molecule has 0 aliphatic carbocycles. The first-order valence-corrected chi connectivity index (χ1v) is 7.66. The van der Waals surface area contributed by atoms with Gasteiger partial charge in [0.05, 0.1) is 0 Å². The fraction of sp³-hybridized carbons (Fsp3) is 0.500. The minimum Gasteiger partial charge on any atom is -0.396 e. The van der Waals surface area contributed by atoms with E-state index in [2.05, 4.69) is 29.4 Å². The lowest BCUT2D eigenvalue weighted by atomic mass is 10.0. The van der Waals surface area contributed by atoms with Crippen LogP contribution in [0.2, 0.25) is 5.02 Å². The van der Waals surface area contributed by atoms with Crippen molar-refractivity contribution >= 4 is 47.0 Å². The summed E-state index contributed by atoms with van der Waals surface area (Å²) in [6.45, 7) is 2.18. The molecule has 0 unspecified atom stereocenters. The van der Waals surface area contributed by atoms with Gasteiger partial charge in [0, 0.05) is 48.7 Å². The molecule has 0 saturated carbocycles. The Hall–Kier alpha value is -0.460. The number of benzene rings is 1. The SMILES string of the molecule is CN1CC=C(NCCCCCCO)c2ccc(Cl)cc21.I. The van der Waals surface area contributed by atoms with Gasteiger partial charge in [-0.3, -0.25) is 0 Å². The quantitative estimate of drug-likeness (QED) is 0.517. The summed E-state index contributed by atoms with van der Waals surface area (Å²) in [5, 5.41) is 13.0. The van der Waals surface area contributed by atoms with E-state index in [0.29, 0.717) is 6.61 Å². The molecule has 0 amide bonds. The second-order valence-corrected chi connectivity index (χ2v) is 5.66. The van der Waals surface area contributed by atoms with Gasteiger partial charge in [0.25, 0.3) is 0 Å². The standard InChI is InChI=1S/C16H23ClN2O.HI/c1-19-10-8-15(18-9-4-2-3-5-11-20)14-7-6-13(17)12-16(14)19;/h6-8,12,18,20H,2-5,9-11H2,1H3;1H. The van der Waals surface area contributed by atoms with E-state index in [1.807, 2.05) is 12.1 Å². The zero-order valence-electron chi connectivity index (χ0n) is 12.4. The summed E-state index contributed by atoms with van der Waals surface area (Å²) >= 11 is 6.08. The lowest BCUT2D eigenvalue weighted by Gasteiger charge is -2.28. The fourth-order valence-corrected chi connectivity index (χ4v) is 2.63. The Balaban J connectivity index is 0.00000220. The topological polar surface area (TPSA) is 35.5 Å². The smallest absolute Gasteiger partial charge is 0.0475 e. The van der Waals surface area contributed by atoms with E-state index in [-0.39, 0.29) is 24.0 Å². The number of hydrogen-bond donors (Lipinski definition) is 2. The van der Waals surface area contributed by atoms with Gasteiger partial charge in [-0.15, -0.1) is 24.0 Å². The van der Waals surface area contributed by atoms with Crippen molar-refractivity contribution in [2.24, 2.45) is 0 Å². The molecular weight excluding hydrogens is 399 g/mol. The molecule has 0 radical (unpaired) electrons. The summed E-state index contributed by atoms with van der Waals surface area (Å²) < 4.78 is 0. The van der Waals surface area contributed by atoms with Gasteiger partial charge >= 0.3 is 0 Å². The van der Waals surface area contributed by atoms with Crippen molar-refractivity contribution in [2.45, 2.75) is 25.7 Å². The van der Waals surface area contributed by atoms with Gasteiger partial charge in [0.2, 0.25) is 0 Å². The molecule has 3 nitrogen and oxygen atoms in total. The number of fused-ring (bicyclic) bond motifs is 1. The minimum atomic E-state index is 0. The third kappa shape index (κ3) is 5.34. The van der Waals surface area contributed by atoms with E-state index in [9.17, 15) is 0 Å². The summed E-state index contributed by atoms with van der Waals surface area (Å²) in [6, 6.07) is 6.04. The molecule has 0 fully saturated rings. The van der Waals surface area contributed by atoms with Crippen LogP contribution in [0.4, 0.5) is 5.69 Å². The van der Waals surface area contributed by atoms with Gasteiger partial charge in [-0.05, 0) is 37.1 Å². The van der Waals surface area contributed by atoms with Crippen molar-refractivity contribution in [3.8, 4) is 0 Å². The van der Waals surface area contributed by atoms with Crippen molar-refractivity contribution in [3.63, 3.8) is 0 Å². The average molecular weight is 423 g/mol. The predicted molar refractivity (Wildman–Crippen MR) is 102 cm³/mol. The molecule has 0 saturated heterocycles.